The van der Waals surface area contributed by atoms with Gasteiger partial charge in [-0.1, -0.05) is 17.7 Å². The molecular formula is C21H26FN3O2. The Morgan fingerprint density at radius 2 is 1.78 bits per heavy atom. The van der Waals surface area contributed by atoms with Crippen molar-refractivity contribution in [1.29, 1.82) is 0 Å². The number of halogens is 1. The molecule has 1 atom stereocenters. The molecule has 1 unspecified atom stereocenters. The highest BCUT2D eigenvalue weighted by Crippen LogP contribution is 2.23. The van der Waals surface area contributed by atoms with E-state index in [0.717, 1.165) is 5.56 Å². The van der Waals surface area contributed by atoms with Crippen LogP contribution in [0.4, 0.5) is 15.8 Å². The molecule has 144 valence electrons. The number of nitrogens with zero attached hydrogens (tertiary/aromatic N) is 1. The first-order valence-electron chi connectivity index (χ1n) is 8.90. The summed E-state index contributed by atoms with van der Waals surface area (Å²) in [5.41, 5.74) is 2.25. The number of hydrogen-bond acceptors (Lipinski definition) is 3. The smallest absolute Gasteiger partial charge is 0.251 e. The lowest BCUT2D eigenvalue weighted by molar-refractivity contribution is -0.117. The monoisotopic (exact) mass is 371 g/mol. The molecule has 2 N–H and O–H groups in total. The normalized spacial score (nSPS) is 11.8. The van der Waals surface area contributed by atoms with Crippen LogP contribution in [0.2, 0.25) is 0 Å². The summed E-state index contributed by atoms with van der Waals surface area (Å²) in [6, 6.07) is 11.0. The molecule has 2 amide bonds. The molecule has 0 aliphatic heterocycles. The molecule has 6 heteroatoms. The van der Waals surface area contributed by atoms with E-state index in [1.807, 2.05) is 38.8 Å². The summed E-state index contributed by atoms with van der Waals surface area (Å²) < 4.78 is 14.3. The lowest BCUT2D eigenvalue weighted by Gasteiger charge is -2.24. The SMILES string of the molecule is Cc1cccc(C(=O)NC(C)C(=O)Nc2ccc(N(C)C(C)C)c(F)c2)c1. The Hall–Kier alpha value is -2.89. The zero-order valence-corrected chi connectivity index (χ0v) is 16.3. The molecule has 0 fully saturated rings. The summed E-state index contributed by atoms with van der Waals surface area (Å²) in [6.07, 6.45) is 0. The summed E-state index contributed by atoms with van der Waals surface area (Å²) in [5.74, 6) is -1.16. The zero-order valence-electron chi connectivity index (χ0n) is 16.3. The van der Waals surface area contributed by atoms with Gasteiger partial charge in [-0.15, -0.1) is 0 Å². The molecule has 0 aliphatic carbocycles. The summed E-state index contributed by atoms with van der Waals surface area (Å²) in [5, 5.41) is 5.28. The minimum absolute atomic E-state index is 0.150. The van der Waals surface area contributed by atoms with E-state index < -0.39 is 17.8 Å². The van der Waals surface area contributed by atoms with Crippen molar-refractivity contribution in [2.75, 3.05) is 17.3 Å². The largest absolute Gasteiger partial charge is 0.370 e. The second-order valence-corrected chi connectivity index (χ2v) is 6.92. The van der Waals surface area contributed by atoms with Crippen LogP contribution in [0, 0.1) is 12.7 Å². The first kappa shape index (κ1) is 20.4. The first-order chi connectivity index (χ1) is 12.7. The van der Waals surface area contributed by atoms with E-state index in [2.05, 4.69) is 10.6 Å². The van der Waals surface area contributed by atoms with E-state index in [1.54, 1.807) is 37.3 Å². The van der Waals surface area contributed by atoms with Gasteiger partial charge in [0.1, 0.15) is 11.9 Å². The van der Waals surface area contributed by atoms with Gasteiger partial charge in [0.2, 0.25) is 5.91 Å². The third-order valence-electron chi connectivity index (χ3n) is 4.39. The maximum atomic E-state index is 14.3. The van der Waals surface area contributed by atoms with Crippen molar-refractivity contribution in [3.63, 3.8) is 0 Å². The summed E-state index contributed by atoms with van der Waals surface area (Å²) >= 11 is 0. The molecule has 2 aromatic carbocycles. The molecule has 0 radical (unpaired) electrons. The van der Waals surface area contributed by atoms with Crippen molar-refractivity contribution in [1.82, 2.24) is 5.32 Å². The highest BCUT2D eigenvalue weighted by molar-refractivity contribution is 6.01. The van der Waals surface area contributed by atoms with Crippen LogP contribution in [0.15, 0.2) is 42.5 Å². The average molecular weight is 371 g/mol. The van der Waals surface area contributed by atoms with Crippen molar-refractivity contribution < 1.29 is 14.0 Å². The molecule has 27 heavy (non-hydrogen) atoms. The summed E-state index contributed by atoms with van der Waals surface area (Å²) in [4.78, 5) is 26.4. The molecule has 0 saturated heterocycles. The lowest BCUT2D eigenvalue weighted by atomic mass is 10.1. The van der Waals surface area contributed by atoms with Gasteiger partial charge in [-0.25, -0.2) is 4.39 Å². The van der Waals surface area contributed by atoms with Crippen LogP contribution in [-0.4, -0.2) is 30.9 Å². The number of rotatable bonds is 6. The van der Waals surface area contributed by atoms with Gasteiger partial charge in [0.25, 0.3) is 5.91 Å². The van der Waals surface area contributed by atoms with Gasteiger partial charge < -0.3 is 15.5 Å². The fourth-order valence-electron chi connectivity index (χ4n) is 2.53. The highest BCUT2D eigenvalue weighted by atomic mass is 19.1. The van der Waals surface area contributed by atoms with Gasteiger partial charge in [-0.3, -0.25) is 9.59 Å². The fourth-order valence-corrected chi connectivity index (χ4v) is 2.53. The lowest BCUT2D eigenvalue weighted by Crippen LogP contribution is -2.41. The molecule has 2 aromatic rings. The fraction of sp³-hybridized carbons (Fsp3) is 0.333. The number of aryl methyl sites for hydroxylation is 1. The Balaban J connectivity index is 2.02. The minimum Gasteiger partial charge on any atom is -0.370 e. The van der Waals surface area contributed by atoms with Gasteiger partial charge in [0, 0.05) is 24.3 Å². The Morgan fingerprint density at radius 3 is 2.37 bits per heavy atom. The van der Waals surface area contributed by atoms with Crippen LogP contribution in [-0.2, 0) is 4.79 Å². The van der Waals surface area contributed by atoms with Crippen LogP contribution in [0.3, 0.4) is 0 Å². The number of benzene rings is 2. The predicted molar refractivity (Wildman–Crippen MR) is 107 cm³/mol. The van der Waals surface area contributed by atoms with Gasteiger partial charge >= 0.3 is 0 Å². The van der Waals surface area contributed by atoms with E-state index in [-0.39, 0.29) is 11.9 Å². The van der Waals surface area contributed by atoms with Crippen LogP contribution in [0.5, 0.6) is 0 Å². The van der Waals surface area contributed by atoms with Crippen molar-refractivity contribution >= 4 is 23.2 Å². The summed E-state index contributed by atoms with van der Waals surface area (Å²) in [6.45, 7) is 7.41. The van der Waals surface area contributed by atoms with Crippen LogP contribution >= 0.6 is 0 Å². The van der Waals surface area contributed by atoms with E-state index in [0.29, 0.717) is 16.9 Å². The topological polar surface area (TPSA) is 61.4 Å². The zero-order chi connectivity index (χ0) is 20.1. The Morgan fingerprint density at radius 1 is 1.07 bits per heavy atom. The quantitative estimate of drug-likeness (QED) is 0.813. The molecule has 0 spiro atoms. The van der Waals surface area contributed by atoms with Crippen LogP contribution in [0.1, 0.15) is 36.7 Å². The maximum Gasteiger partial charge on any atom is 0.251 e. The Labute approximate surface area is 159 Å². The number of nitrogens with one attached hydrogen (secondary N) is 2. The average Bonchev–Trinajstić information content (AvgIpc) is 2.61. The van der Waals surface area contributed by atoms with Gasteiger partial charge in [0.05, 0.1) is 5.69 Å². The highest BCUT2D eigenvalue weighted by Gasteiger charge is 2.18. The van der Waals surface area contributed by atoms with Crippen molar-refractivity contribution in [2.45, 2.75) is 39.8 Å². The predicted octanol–water partition coefficient (Wildman–Crippen LogP) is 3.74. The molecule has 0 saturated carbocycles. The number of anilines is 2. The molecule has 0 heterocycles. The number of carbonyl (C=O) groups excluding carboxylic acids is 2. The van der Waals surface area contributed by atoms with Gasteiger partial charge in [-0.05, 0) is 58.0 Å². The van der Waals surface area contributed by atoms with Crippen molar-refractivity contribution in [3.05, 3.63) is 59.4 Å². The third kappa shape index (κ3) is 5.29. The third-order valence-corrected chi connectivity index (χ3v) is 4.39. The molecule has 0 aromatic heterocycles. The van der Waals surface area contributed by atoms with E-state index in [4.69, 9.17) is 0 Å². The summed E-state index contributed by atoms with van der Waals surface area (Å²) in [7, 11) is 1.81. The van der Waals surface area contributed by atoms with Gasteiger partial charge in [-0.2, -0.15) is 0 Å². The second kappa shape index (κ2) is 8.66. The Kier molecular flexibility index (Phi) is 6.55. The molecular weight excluding hydrogens is 345 g/mol. The van der Waals surface area contributed by atoms with Crippen LogP contribution < -0.4 is 15.5 Å². The molecule has 0 aliphatic rings. The van der Waals surface area contributed by atoms with E-state index in [9.17, 15) is 14.0 Å². The number of carbonyl (C=O) groups is 2. The minimum atomic E-state index is -0.765. The van der Waals surface area contributed by atoms with E-state index in [1.165, 1.54) is 6.07 Å². The second-order valence-electron chi connectivity index (χ2n) is 6.92. The maximum absolute atomic E-state index is 14.3. The van der Waals surface area contributed by atoms with Crippen molar-refractivity contribution in [2.24, 2.45) is 0 Å². The Bertz CT molecular complexity index is 836. The van der Waals surface area contributed by atoms with Crippen molar-refractivity contribution in [3.8, 4) is 0 Å². The molecule has 5 nitrogen and oxygen atoms in total. The number of amides is 2. The van der Waals surface area contributed by atoms with Crippen LogP contribution in [0.25, 0.3) is 0 Å². The van der Waals surface area contributed by atoms with E-state index >= 15 is 0 Å². The standard InChI is InChI=1S/C21H26FN3O2/c1-13(2)25(5)19-10-9-17(12-18(19)22)24-20(26)15(4)23-21(27)16-8-6-7-14(3)11-16/h6-13,15H,1-5H3,(H,23,27)(H,24,26). The van der Waals surface area contributed by atoms with Gasteiger partial charge in [0.15, 0.2) is 0 Å². The molecule has 2 rings (SSSR count). The number of hydrogen-bond donors (Lipinski definition) is 2. The molecule has 0 bridgehead atoms. The first-order valence-corrected chi connectivity index (χ1v) is 8.90.